The zero-order chi connectivity index (χ0) is 16.9. The second-order valence-corrected chi connectivity index (χ2v) is 6.77. The van der Waals surface area contributed by atoms with E-state index in [1.54, 1.807) is 0 Å². The molecular weight excluding hydrogens is 320 g/mol. The minimum absolute atomic E-state index is 0.00442. The Hall–Kier alpha value is -2.67. The number of carbonyl (C=O) groups excluding carboxylic acids is 1. The van der Waals surface area contributed by atoms with Crippen molar-refractivity contribution in [3.05, 3.63) is 30.6 Å². The molecule has 2 aliphatic heterocycles. The lowest BCUT2D eigenvalue weighted by atomic mass is 9.76. The van der Waals surface area contributed by atoms with Crippen molar-refractivity contribution in [1.29, 1.82) is 0 Å². The van der Waals surface area contributed by atoms with Crippen LogP contribution in [0.2, 0.25) is 0 Å². The van der Waals surface area contributed by atoms with Gasteiger partial charge in [-0.05, 0) is 25.0 Å². The fourth-order valence-corrected chi connectivity index (χ4v) is 3.97. The van der Waals surface area contributed by atoms with E-state index in [1.165, 1.54) is 6.33 Å². The van der Waals surface area contributed by atoms with E-state index in [2.05, 4.69) is 20.6 Å². The summed E-state index contributed by atoms with van der Waals surface area (Å²) in [5.74, 6) is 0.568. The molecule has 4 heterocycles. The Kier molecular flexibility index (Phi) is 3.18. The quantitative estimate of drug-likeness (QED) is 0.744. The number of carbonyl (C=O) groups is 1. The largest absolute Gasteiger partial charge is 0.450 e. The van der Waals surface area contributed by atoms with Gasteiger partial charge in [-0.2, -0.15) is 0 Å². The molecule has 0 saturated carbocycles. The molecule has 2 aliphatic rings. The first kappa shape index (κ1) is 14.7. The van der Waals surface area contributed by atoms with Gasteiger partial charge < -0.3 is 19.8 Å². The van der Waals surface area contributed by atoms with E-state index in [-0.39, 0.29) is 17.4 Å². The Bertz CT molecular complexity index is 961. The summed E-state index contributed by atoms with van der Waals surface area (Å²) < 4.78 is 11.5. The van der Waals surface area contributed by atoms with Crippen LogP contribution in [0.15, 0.2) is 35.0 Å². The van der Waals surface area contributed by atoms with Crippen molar-refractivity contribution in [2.24, 2.45) is 5.41 Å². The highest BCUT2D eigenvalue weighted by Gasteiger charge is 2.49. The highest BCUT2D eigenvalue weighted by atomic mass is 16.5. The monoisotopic (exact) mass is 338 g/mol. The van der Waals surface area contributed by atoms with Crippen LogP contribution in [0.1, 0.15) is 12.8 Å². The van der Waals surface area contributed by atoms with Gasteiger partial charge in [0.1, 0.15) is 23.5 Å². The maximum Gasteiger partial charge on any atom is 0.243 e. The molecule has 2 N–H and O–H groups in total. The highest BCUT2D eigenvalue weighted by Crippen LogP contribution is 2.39. The molecular formula is C18H18N4O3. The van der Waals surface area contributed by atoms with E-state index < -0.39 is 0 Å². The van der Waals surface area contributed by atoms with Crippen LogP contribution in [0, 0.1) is 5.41 Å². The van der Waals surface area contributed by atoms with Crippen LogP contribution in [0.4, 0.5) is 5.82 Å². The average Bonchev–Trinajstić information content (AvgIpc) is 3.17. The Morgan fingerprint density at radius 2 is 2.04 bits per heavy atom. The summed E-state index contributed by atoms with van der Waals surface area (Å²) in [5, 5.41) is 7.28. The van der Waals surface area contributed by atoms with Gasteiger partial charge in [-0.1, -0.05) is 12.1 Å². The molecule has 7 heteroatoms. The molecule has 0 radical (unpaired) electrons. The topological polar surface area (TPSA) is 89.3 Å². The normalized spacial score (nSPS) is 22.6. The third-order valence-electron chi connectivity index (χ3n) is 5.42. The zero-order valence-corrected chi connectivity index (χ0v) is 13.6. The number of furan rings is 1. The number of fused-ring (bicyclic) bond motifs is 3. The Labute approximate surface area is 143 Å². The fraction of sp³-hybridized carbons (Fsp3) is 0.389. The lowest BCUT2D eigenvalue weighted by Gasteiger charge is -2.36. The first-order valence-corrected chi connectivity index (χ1v) is 8.51. The summed E-state index contributed by atoms with van der Waals surface area (Å²) in [6.07, 6.45) is 3.20. The number of ether oxygens (including phenoxy) is 1. The van der Waals surface area contributed by atoms with E-state index >= 15 is 0 Å². The van der Waals surface area contributed by atoms with E-state index in [1.807, 2.05) is 24.3 Å². The molecule has 25 heavy (non-hydrogen) atoms. The van der Waals surface area contributed by atoms with Crippen LogP contribution in [0.3, 0.4) is 0 Å². The van der Waals surface area contributed by atoms with Gasteiger partial charge >= 0.3 is 0 Å². The minimum Gasteiger partial charge on any atom is -0.450 e. The smallest absolute Gasteiger partial charge is 0.243 e. The number of rotatable bonds is 2. The van der Waals surface area contributed by atoms with Crippen LogP contribution in [-0.4, -0.2) is 41.7 Å². The molecule has 0 bridgehead atoms. The number of amides is 1. The van der Waals surface area contributed by atoms with Gasteiger partial charge in [0.2, 0.25) is 5.91 Å². The summed E-state index contributed by atoms with van der Waals surface area (Å²) in [4.78, 5) is 21.2. The highest BCUT2D eigenvalue weighted by molar-refractivity contribution is 6.05. The summed E-state index contributed by atoms with van der Waals surface area (Å²) in [5.41, 5.74) is 1.97. The van der Waals surface area contributed by atoms with E-state index in [9.17, 15) is 4.79 Å². The lowest BCUT2D eigenvalue weighted by Crippen LogP contribution is -2.45. The summed E-state index contributed by atoms with van der Waals surface area (Å²) >= 11 is 0. The number of hydrogen-bond acceptors (Lipinski definition) is 6. The van der Waals surface area contributed by atoms with E-state index in [0.717, 1.165) is 29.3 Å². The van der Waals surface area contributed by atoms with Gasteiger partial charge in [0.15, 0.2) is 11.4 Å². The molecule has 128 valence electrons. The van der Waals surface area contributed by atoms with Crippen LogP contribution in [0.25, 0.3) is 22.1 Å². The second kappa shape index (κ2) is 5.42. The first-order valence-electron chi connectivity index (χ1n) is 8.51. The minimum atomic E-state index is -0.345. The van der Waals surface area contributed by atoms with Crippen molar-refractivity contribution in [3.8, 4) is 0 Å². The molecule has 1 spiro atoms. The molecule has 2 fully saturated rings. The van der Waals surface area contributed by atoms with Crippen LogP contribution in [0.5, 0.6) is 0 Å². The SMILES string of the molecule is O=C1NCC2(CCOCC2)C1Nc1ncnc2c1oc1ccccc12. The van der Waals surface area contributed by atoms with Crippen molar-refractivity contribution < 1.29 is 13.9 Å². The summed E-state index contributed by atoms with van der Waals surface area (Å²) in [6.45, 7) is 2.02. The maximum absolute atomic E-state index is 12.5. The summed E-state index contributed by atoms with van der Waals surface area (Å²) in [6, 6.07) is 7.41. The van der Waals surface area contributed by atoms with Crippen molar-refractivity contribution >= 4 is 33.8 Å². The molecule has 0 aliphatic carbocycles. The van der Waals surface area contributed by atoms with Gasteiger partial charge in [-0.3, -0.25) is 4.79 Å². The van der Waals surface area contributed by atoms with Crippen LogP contribution < -0.4 is 10.6 Å². The number of hydrogen-bond donors (Lipinski definition) is 2. The molecule has 1 unspecified atom stereocenters. The molecule has 1 aromatic carbocycles. The predicted octanol–water partition coefficient (Wildman–Crippen LogP) is 2.08. The Balaban J connectivity index is 1.58. The zero-order valence-electron chi connectivity index (χ0n) is 13.6. The molecule has 1 atom stereocenters. The van der Waals surface area contributed by atoms with Gasteiger partial charge in [-0.25, -0.2) is 9.97 Å². The number of benzene rings is 1. The number of anilines is 1. The molecule has 5 rings (SSSR count). The number of nitrogens with zero attached hydrogens (tertiary/aromatic N) is 2. The second-order valence-electron chi connectivity index (χ2n) is 6.77. The standard InChI is InChI=1S/C18H18N4O3/c23-17-15(18(9-19-17)5-7-24-8-6-18)22-16-14-13(20-10-21-16)11-3-1-2-4-12(11)25-14/h1-4,10,15H,5-9H2,(H,19,23)(H,20,21,22). The van der Waals surface area contributed by atoms with Crippen LogP contribution >= 0.6 is 0 Å². The number of aromatic nitrogens is 2. The van der Waals surface area contributed by atoms with E-state index in [4.69, 9.17) is 9.15 Å². The van der Waals surface area contributed by atoms with Gasteiger partial charge in [0.25, 0.3) is 0 Å². The van der Waals surface area contributed by atoms with Gasteiger partial charge in [0.05, 0.1) is 0 Å². The van der Waals surface area contributed by atoms with Gasteiger partial charge in [-0.15, -0.1) is 0 Å². The van der Waals surface area contributed by atoms with Crippen molar-refractivity contribution in [2.45, 2.75) is 18.9 Å². The predicted molar refractivity (Wildman–Crippen MR) is 92.2 cm³/mol. The molecule has 3 aromatic rings. The molecule has 7 nitrogen and oxygen atoms in total. The van der Waals surface area contributed by atoms with Crippen molar-refractivity contribution in [2.75, 3.05) is 25.1 Å². The molecule has 1 amide bonds. The Morgan fingerprint density at radius 1 is 1.20 bits per heavy atom. The van der Waals surface area contributed by atoms with Crippen molar-refractivity contribution in [1.82, 2.24) is 15.3 Å². The fourth-order valence-electron chi connectivity index (χ4n) is 3.97. The summed E-state index contributed by atoms with van der Waals surface area (Å²) in [7, 11) is 0. The first-order chi connectivity index (χ1) is 12.3. The third-order valence-corrected chi connectivity index (χ3v) is 5.42. The van der Waals surface area contributed by atoms with E-state index in [0.29, 0.717) is 31.2 Å². The number of nitrogens with one attached hydrogen (secondary N) is 2. The van der Waals surface area contributed by atoms with Gasteiger partial charge in [0, 0.05) is 30.6 Å². The Morgan fingerprint density at radius 3 is 2.92 bits per heavy atom. The maximum atomic E-state index is 12.5. The van der Waals surface area contributed by atoms with Crippen LogP contribution in [-0.2, 0) is 9.53 Å². The van der Waals surface area contributed by atoms with Crippen molar-refractivity contribution in [3.63, 3.8) is 0 Å². The lowest BCUT2D eigenvalue weighted by molar-refractivity contribution is -0.121. The average molecular weight is 338 g/mol. The third kappa shape index (κ3) is 2.19. The molecule has 2 saturated heterocycles. The number of para-hydroxylation sites is 1. The molecule has 2 aromatic heterocycles.